The number of aliphatic carboxylic acids is 1. The van der Waals surface area contributed by atoms with Crippen LogP contribution in [0.4, 0.5) is 0 Å². The van der Waals surface area contributed by atoms with Crippen molar-refractivity contribution >= 4 is 23.1 Å². The van der Waals surface area contributed by atoms with E-state index in [0.717, 1.165) is 24.3 Å². The van der Waals surface area contributed by atoms with Crippen molar-refractivity contribution in [2.45, 2.75) is 25.7 Å². The lowest BCUT2D eigenvalue weighted by molar-refractivity contribution is -0.138. The van der Waals surface area contributed by atoms with E-state index in [-0.39, 0.29) is 56.9 Å². The highest BCUT2D eigenvalue weighted by molar-refractivity contribution is 6.30. The fraction of sp³-hybridized carbons (Fsp3) is 0.0889. The van der Waals surface area contributed by atoms with Crippen molar-refractivity contribution in [1.82, 2.24) is 0 Å². The number of carbonyl (C=O) groups excluding carboxylic acids is 2. The van der Waals surface area contributed by atoms with Gasteiger partial charge in [-0.2, -0.15) is 0 Å². The van der Waals surface area contributed by atoms with E-state index in [1.54, 1.807) is 44.2 Å². The molecular formula is C45H42O15. The Morgan fingerprint density at radius 1 is 0.433 bits per heavy atom. The van der Waals surface area contributed by atoms with Crippen molar-refractivity contribution in [3.8, 4) is 63.2 Å². The molecule has 6 rings (SSSR count). The largest absolute Gasteiger partial charge is 0.508 e. The average molecular weight is 823 g/mol. The van der Waals surface area contributed by atoms with E-state index in [1.165, 1.54) is 66.7 Å². The molecule has 0 aliphatic rings. The Bertz CT molecular complexity index is 2380. The monoisotopic (exact) mass is 822 g/mol. The van der Waals surface area contributed by atoms with Crippen LogP contribution >= 0.6 is 0 Å². The second kappa shape index (κ2) is 20.7. The van der Waals surface area contributed by atoms with E-state index in [2.05, 4.69) is 6.58 Å². The zero-order valence-electron chi connectivity index (χ0n) is 32.0. The van der Waals surface area contributed by atoms with Crippen molar-refractivity contribution in [2.24, 2.45) is 0 Å². The van der Waals surface area contributed by atoms with Gasteiger partial charge in [-0.25, -0.2) is 0 Å². The molecule has 0 aliphatic heterocycles. The van der Waals surface area contributed by atoms with Gasteiger partial charge in [0.05, 0.1) is 5.92 Å². The van der Waals surface area contributed by atoms with Gasteiger partial charge in [0.1, 0.15) is 74.4 Å². The van der Waals surface area contributed by atoms with E-state index in [0.29, 0.717) is 16.7 Å². The van der Waals surface area contributed by atoms with Gasteiger partial charge in [0.15, 0.2) is 5.78 Å². The van der Waals surface area contributed by atoms with Crippen LogP contribution in [0, 0.1) is 0 Å². The van der Waals surface area contributed by atoms with Crippen LogP contribution in [0.15, 0.2) is 128 Å². The van der Waals surface area contributed by atoms with Crippen molar-refractivity contribution in [3.63, 3.8) is 0 Å². The summed E-state index contributed by atoms with van der Waals surface area (Å²) in [4.78, 5) is 35.1. The molecule has 312 valence electrons. The summed E-state index contributed by atoms with van der Waals surface area (Å²) in [5.74, 6) is -5.39. The third-order valence-electron chi connectivity index (χ3n) is 8.51. The first-order chi connectivity index (χ1) is 28.2. The van der Waals surface area contributed by atoms with Gasteiger partial charge in [-0.1, -0.05) is 56.0 Å². The summed E-state index contributed by atoms with van der Waals surface area (Å²) in [5, 5.41) is 110. The number of aromatic hydroxyl groups is 11. The molecule has 0 aliphatic carbocycles. The Morgan fingerprint density at radius 2 is 0.783 bits per heavy atom. The number of carboxylic acid groups (broad SMARTS) is 1. The normalized spacial score (nSPS) is 11.1. The van der Waals surface area contributed by atoms with Gasteiger partial charge < -0.3 is 61.3 Å². The lowest BCUT2D eigenvalue weighted by atomic mass is 9.91. The molecule has 0 saturated heterocycles. The number of ketones is 2. The highest BCUT2D eigenvalue weighted by atomic mass is 16.4. The first-order valence-corrected chi connectivity index (χ1v) is 17.6. The summed E-state index contributed by atoms with van der Waals surface area (Å²) in [6, 6.07) is 27.8. The molecular weight excluding hydrogens is 780 g/mol. The van der Waals surface area contributed by atoms with Gasteiger partial charge in [-0.05, 0) is 72.1 Å². The molecule has 2 atom stereocenters. The van der Waals surface area contributed by atoms with E-state index in [4.69, 9.17) is 20.4 Å². The van der Waals surface area contributed by atoms with Gasteiger partial charge in [0.2, 0.25) is 5.78 Å². The van der Waals surface area contributed by atoms with Gasteiger partial charge in [0, 0.05) is 41.8 Å². The Hall–Kier alpha value is -8.33. The minimum Gasteiger partial charge on any atom is -0.508 e. The molecule has 0 spiro atoms. The molecule has 0 heterocycles. The van der Waals surface area contributed by atoms with E-state index in [1.807, 2.05) is 0 Å². The summed E-state index contributed by atoms with van der Waals surface area (Å²) >= 11 is 0. The zero-order chi connectivity index (χ0) is 44.8. The predicted molar refractivity (Wildman–Crippen MR) is 219 cm³/mol. The molecule has 0 fully saturated rings. The first-order valence-electron chi connectivity index (χ1n) is 17.6. The second-order valence-corrected chi connectivity index (χ2v) is 12.9. The van der Waals surface area contributed by atoms with E-state index in [9.17, 15) is 55.2 Å². The molecule has 6 aromatic carbocycles. The molecule has 6 aromatic rings. The topological polar surface area (TPSA) is 294 Å². The fourth-order valence-corrected chi connectivity index (χ4v) is 5.15. The molecule has 60 heavy (non-hydrogen) atoms. The molecule has 0 radical (unpaired) electrons. The summed E-state index contributed by atoms with van der Waals surface area (Å²) in [6.45, 7) is 6.85. The standard InChI is InChI=1S/C15H14O5.C15H12O5.C9H10O3.C6H6O2/c2*1-8(9-2-4-10(16)5-3-9)15(20)14-12(18)6-11(17)7-13(14)19;1-6(9(11)12)7-2-4-8(10)5-3-7;7-5-2-1-3-6(8)4-5/h2-8,16-19H,1H3;2-7,16-19H,1H2;2-6,10H,1H3,(H,11,12);1-4,7-8H. The fourth-order valence-electron chi connectivity index (χ4n) is 5.15. The van der Waals surface area contributed by atoms with Crippen LogP contribution in [0.3, 0.4) is 0 Å². The van der Waals surface area contributed by atoms with Crippen molar-refractivity contribution in [3.05, 3.63) is 156 Å². The molecule has 0 amide bonds. The number of carbonyl (C=O) groups is 3. The van der Waals surface area contributed by atoms with Crippen molar-refractivity contribution in [1.29, 1.82) is 0 Å². The number of hydrogen-bond acceptors (Lipinski definition) is 14. The maximum atomic E-state index is 12.3. The summed E-state index contributed by atoms with van der Waals surface area (Å²) in [5.41, 5.74) is 1.25. The molecule has 2 unspecified atom stereocenters. The number of phenolic OH excluding ortho intramolecular Hbond substituents is 11. The second-order valence-electron chi connectivity index (χ2n) is 12.9. The van der Waals surface area contributed by atoms with Crippen LogP contribution in [-0.2, 0) is 4.79 Å². The Morgan fingerprint density at radius 3 is 1.13 bits per heavy atom. The summed E-state index contributed by atoms with van der Waals surface area (Å²) in [6.07, 6.45) is 0. The third kappa shape index (κ3) is 12.9. The zero-order valence-corrected chi connectivity index (χ0v) is 32.0. The predicted octanol–water partition coefficient (Wildman–Crippen LogP) is 7.58. The van der Waals surface area contributed by atoms with Crippen molar-refractivity contribution in [2.75, 3.05) is 0 Å². The van der Waals surface area contributed by atoms with Crippen LogP contribution in [0.5, 0.6) is 63.2 Å². The van der Waals surface area contributed by atoms with Gasteiger partial charge >= 0.3 is 5.97 Å². The quantitative estimate of drug-likeness (QED) is 0.0520. The molecule has 0 aromatic heterocycles. The molecule has 0 bridgehead atoms. The van der Waals surface area contributed by atoms with Crippen LogP contribution in [0.2, 0.25) is 0 Å². The minimum absolute atomic E-state index is 0.0429. The van der Waals surface area contributed by atoms with E-state index < -0.39 is 52.4 Å². The first kappa shape index (κ1) is 46.1. The van der Waals surface area contributed by atoms with Gasteiger partial charge in [-0.15, -0.1) is 0 Å². The minimum atomic E-state index is -0.860. The lowest BCUT2D eigenvalue weighted by Crippen LogP contribution is -2.10. The molecule has 15 heteroatoms. The Labute approximate surface area is 342 Å². The number of carboxylic acids is 1. The third-order valence-corrected chi connectivity index (χ3v) is 8.51. The SMILES string of the molecule is C=C(C(=O)c1c(O)cc(O)cc1O)c1ccc(O)cc1.CC(C(=O)O)c1ccc(O)cc1.CC(C(=O)c1c(O)cc(O)cc1O)c1ccc(O)cc1.Oc1cccc(O)c1. The van der Waals surface area contributed by atoms with Crippen LogP contribution in [-0.4, -0.2) is 78.8 Å². The summed E-state index contributed by atoms with van der Waals surface area (Å²) in [7, 11) is 0. The molecule has 15 nitrogen and oxygen atoms in total. The van der Waals surface area contributed by atoms with Gasteiger partial charge in [0.25, 0.3) is 0 Å². The number of rotatable bonds is 8. The van der Waals surface area contributed by atoms with Crippen LogP contribution in [0.1, 0.15) is 63.1 Å². The number of benzene rings is 6. The number of allylic oxidation sites excluding steroid dienone is 1. The summed E-state index contributed by atoms with van der Waals surface area (Å²) < 4.78 is 0. The van der Waals surface area contributed by atoms with Crippen LogP contribution < -0.4 is 0 Å². The van der Waals surface area contributed by atoms with Gasteiger partial charge in [-0.3, -0.25) is 14.4 Å². The maximum Gasteiger partial charge on any atom is 0.310 e. The van der Waals surface area contributed by atoms with Crippen molar-refractivity contribution < 1.29 is 75.7 Å². The average Bonchev–Trinajstić information content (AvgIpc) is 3.18. The molecule has 0 saturated carbocycles. The van der Waals surface area contributed by atoms with E-state index >= 15 is 0 Å². The highest BCUT2D eigenvalue weighted by Crippen LogP contribution is 2.37. The number of hydrogen-bond donors (Lipinski definition) is 12. The maximum absolute atomic E-state index is 12.3. The number of phenols is 11. The Kier molecular flexibility index (Phi) is 15.9. The number of Topliss-reactive ketones (excluding diaryl/α,β-unsaturated/α-hetero) is 2. The lowest BCUT2D eigenvalue weighted by Gasteiger charge is -2.13. The smallest absolute Gasteiger partial charge is 0.310 e. The van der Waals surface area contributed by atoms with Crippen LogP contribution in [0.25, 0.3) is 5.57 Å². The Balaban J connectivity index is 0.000000225. The molecule has 12 N–H and O–H groups in total. The highest BCUT2D eigenvalue weighted by Gasteiger charge is 2.24.